The Kier molecular flexibility index (Phi) is 6.58. The van der Waals surface area contributed by atoms with Gasteiger partial charge in [0.05, 0.1) is 6.04 Å². The van der Waals surface area contributed by atoms with Gasteiger partial charge in [-0.1, -0.05) is 13.8 Å². The van der Waals surface area contributed by atoms with Crippen LogP contribution in [0.15, 0.2) is 15.9 Å². The highest BCUT2D eigenvalue weighted by molar-refractivity contribution is 9.10. The van der Waals surface area contributed by atoms with Crippen molar-refractivity contribution in [1.29, 1.82) is 0 Å². The molecule has 0 spiro atoms. The third-order valence-electron chi connectivity index (χ3n) is 2.60. The van der Waals surface area contributed by atoms with Crippen LogP contribution in [0.4, 0.5) is 0 Å². The van der Waals surface area contributed by atoms with E-state index in [0.717, 1.165) is 13.1 Å². The number of halogens is 1. The Hall–Kier alpha value is 0.1000. The third-order valence-corrected chi connectivity index (χ3v) is 4.40. The first-order valence-corrected chi connectivity index (χ1v) is 7.58. The smallest absolute Gasteiger partial charge is 0.0564 e. The van der Waals surface area contributed by atoms with E-state index in [4.69, 9.17) is 5.73 Å². The summed E-state index contributed by atoms with van der Waals surface area (Å²) in [4.78, 5) is 3.87. The number of thiophene rings is 1. The lowest BCUT2D eigenvalue weighted by atomic mass is 10.2. The highest BCUT2D eigenvalue weighted by atomic mass is 79.9. The fourth-order valence-electron chi connectivity index (χ4n) is 1.95. The minimum atomic E-state index is 0.385. The lowest BCUT2D eigenvalue weighted by Gasteiger charge is -2.29. The Bertz CT molecular complexity index is 295. The zero-order valence-electron chi connectivity index (χ0n) is 10.1. The number of hydrogen-bond acceptors (Lipinski definition) is 3. The van der Waals surface area contributed by atoms with Crippen LogP contribution in [0.1, 0.15) is 37.6 Å². The summed E-state index contributed by atoms with van der Waals surface area (Å²) in [6.07, 6.45) is 2.37. The van der Waals surface area contributed by atoms with Gasteiger partial charge < -0.3 is 5.73 Å². The fraction of sp³-hybridized carbons (Fsp3) is 0.667. The maximum absolute atomic E-state index is 5.93. The second-order valence-corrected chi connectivity index (χ2v) is 5.81. The molecule has 0 amide bonds. The summed E-state index contributed by atoms with van der Waals surface area (Å²) >= 11 is 5.30. The summed E-state index contributed by atoms with van der Waals surface area (Å²) in [5, 5.41) is 2.13. The summed E-state index contributed by atoms with van der Waals surface area (Å²) in [5.41, 5.74) is 5.93. The summed E-state index contributed by atoms with van der Waals surface area (Å²) in [7, 11) is 0. The Morgan fingerprint density at radius 3 is 2.38 bits per heavy atom. The molecule has 0 saturated heterocycles. The van der Waals surface area contributed by atoms with E-state index in [-0.39, 0.29) is 0 Å². The first kappa shape index (κ1) is 14.2. The maximum atomic E-state index is 5.93. The molecule has 4 heteroatoms. The SMILES string of the molecule is CCCN(CCC)C(CN)c1cc(Br)cs1. The molecule has 0 radical (unpaired) electrons. The molecule has 0 fully saturated rings. The van der Waals surface area contributed by atoms with Gasteiger partial charge >= 0.3 is 0 Å². The van der Waals surface area contributed by atoms with Gasteiger partial charge in [-0.2, -0.15) is 0 Å². The Morgan fingerprint density at radius 2 is 2.00 bits per heavy atom. The molecule has 92 valence electrons. The van der Waals surface area contributed by atoms with Crippen LogP contribution >= 0.6 is 27.3 Å². The van der Waals surface area contributed by atoms with Crippen molar-refractivity contribution in [2.24, 2.45) is 5.73 Å². The van der Waals surface area contributed by atoms with Crippen molar-refractivity contribution in [3.63, 3.8) is 0 Å². The van der Waals surface area contributed by atoms with Crippen molar-refractivity contribution in [2.75, 3.05) is 19.6 Å². The molecule has 0 bridgehead atoms. The van der Waals surface area contributed by atoms with Crippen molar-refractivity contribution in [3.8, 4) is 0 Å². The lowest BCUT2D eigenvalue weighted by Crippen LogP contribution is -2.34. The monoisotopic (exact) mass is 304 g/mol. The Balaban J connectivity index is 2.76. The average Bonchev–Trinajstić information content (AvgIpc) is 2.67. The van der Waals surface area contributed by atoms with Gasteiger partial charge in [-0.05, 0) is 47.9 Å². The first-order chi connectivity index (χ1) is 7.72. The molecule has 1 aromatic rings. The van der Waals surface area contributed by atoms with E-state index in [2.05, 4.69) is 46.1 Å². The minimum Gasteiger partial charge on any atom is -0.329 e. The second kappa shape index (κ2) is 7.43. The summed E-state index contributed by atoms with van der Waals surface area (Å²) in [6.45, 7) is 7.41. The molecule has 1 rings (SSSR count). The largest absolute Gasteiger partial charge is 0.329 e. The van der Waals surface area contributed by atoms with Crippen LogP contribution in [0.2, 0.25) is 0 Å². The number of hydrogen-bond donors (Lipinski definition) is 1. The molecule has 2 N–H and O–H groups in total. The molecule has 1 atom stereocenters. The van der Waals surface area contributed by atoms with E-state index >= 15 is 0 Å². The van der Waals surface area contributed by atoms with Gasteiger partial charge in [0.15, 0.2) is 0 Å². The van der Waals surface area contributed by atoms with Crippen molar-refractivity contribution >= 4 is 27.3 Å². The zero-order valence-corrected chi connectivity index (χ0v) is 12.5. The van der Waals surface area contributed by atoms with Gasteiger partial charge in [-0.15, -0.1) is 11.3 Å². The molecule has 2 nitrogen and oxygen atoms in total. The first-order valence-electron chi connectivity index (χ1n) is 5.90. The third kappa shape index (κ3) is 3.84. The van der Waals surface area contributed by atoms with Crippen LogP contribution in [0, 0.1) is 0 Å². The van der Waals surface area contributed by atoms with Crippen LogP contribution in [0.3, 0.4) is 0 Å². The van der Waals surface area contributed by atoms with Crippen molar-refractivity contribution in [3.05, 3.63) is 20.8 Å². The highest BCUT2D eigenvalue weighted by Crippen LogP contribution is 2.29. The van der Waals surface area contributed by atoms with E-state index in [1.165, 1.54) is 22.2 Å². The molecule has 0 aliphatic carbocycles. The van der Waals surface area contributed by atoms with E-state index in [9.17, 15) is 0 Å². The molecule has 1 heterocycles. The molecule has 0 aromatic carbocycles. The molecule has 1 aromatic heterocycles. The van der Waals surface area contributed by atoms with Gasteiger partial charge in [-0.3, -0.25) is 4.90 Å². The molecule has 0 aliphatic rings. The summed E-state index contributed by atoms with van der Waals surface area (Å²) in [6, 6.07) is 2.58. The number of nitrogens with two attached hydrogens (primary N) is 1. The summed E-state index contributed by atoms with van der Waals surface area (Å²) < 4.78 is 1.17. The Morgan fingerprint density at radius 1 is 1.38 bits per heavy atom. The predicted octanol–water partition coefficient (Wildman–Crippen LogP) is 3.63. The quantitative estimate of drug-likeness (QED) is 0.833. The molecule has 0 aliphatic heterocycles. The molecular weight excluding hydrogens is 284 g/mol. The van der Waals surface area contributed by atoms with Gasteiger partial charge in [0.25, 0.3) is 0 Å². The predicted molar refractivity (Wildman–Crippen MR) is 76.0 cm³/mol. The Labute approximate surface area is 111 Å². The standard InChI is InChI=1S/C12H21BrN2S/c1-3-5-15(6-4-2)11(8-14)12-7-10(13)9-16-12/h7,9,11H,3-6,8,14H2,1-2H3. The summed E-state index contributed by atoms with van der Waals surface area (Å²) in [5.74, 6) is 0. The number of nitrogens with zero attached hydrogens (tertiary/aromatic N) is 1. The van der Waals surface area contributed by atoms with Crippen molar-refractivity contribution in [2.45, 2.75) is 32.7 Å². The molecule has 16 heavy (non-hydrogen) atoms. The zero-order chi connectivity index (χ0) is 12.0. The highest BCUT2D eigenvalue weighted by Gasteiger charge is 2.19. The van der Waals surface area contributed by atoms with Crippen molar-refractivity contribution < 1.29 is 0 Å². The molecule has 1 unspecified atom stereocenters. The van der Waals surface area contributed by atoms with Gasteiger partial charge in [0.1, 0.15) is 0 Å². The van der Waals surface area contributed by atoms with Crippen LogP contribution in [0.5, 0.6) is 0 Å². The molecule has 0 saturated carbocycles. The second-order valence-electron chi connectivity index (χ2n) is 3.95. The van der Waals surface area contributed by atoms with Crippen LogP contribution in [-0.2, 0) is 0 Å². The molecular formula is C12H21BrN2S. The maximum Gasteiger partial charge on any atom is 0.0564 e. The van der Waals surface area contributed by atoms with Crippen LogP contribution in [0.25, 0.3) is 0 Å². The number of rotatable bonds is 7. The van der Waals surface area contributed by atoms with E-state index in [0.29, 0.717) is 12.6 Å². The van der Waals surface area contributed by atoms with Crippen molar-refractivity contribution in [1.82, 2.24) is 4.90 Å². The van der Waals surface area contributed by atoms with Gasteiger partial charge in [0, 0.05) is 21.3 Å². The van der Waals surface area contributed by atoms with Gasteiger partial charge in [-0.25, -0.2) is 0 Å². The normalized spacial score (nSPS) is 13.3. The fourth-order valence-corrected chi connectivity index (χ4v) is 3.54. The lowest BCUT2D eigenvalue weighted by molar-refractivity contribution is 0.205. The van der Waals surface area contributed by atoms with E-state index in [1.54, 1.807) is 11.3 Å². The van der Waals surface area contributed by atoms with Crippen LogP contribution < -0.4 is 5.73 Å². The van der Waals surface area contributed by atoms with Crippen LogP contribution in [-0.4, -0.2) is 24.5 Å². The van der Waals surface area contributed by atoms with E-state index < -0.39 is 0 Å². The van der Waals surface area contributed by atoms with Gasteiger partial charge in [0.2, 0.25) is 0 Å². The van der Waals surface area contributed by atoms with E-state index in [1.807, 2.05) is 0 Å². The average molecular weight is 305 g/mol. The topological polar surface area (TPSA) is 29.3 Å². The minimum absolute atomic E-state index is 0.385.